The summed E-state index contributed by atoms with van der Waals surface area (Å²) >= 11 is 0. The fourth-order valence-electron chi connectivity index (χ4n) is 2.59. The Morgan fingerprint density at radius 2 is 2.30 bits per heavy atom. The van der Waals surface area contributed by atoms with Gasteiger partial charge in [-0.25, -0.2) is 0 Å². The van der Waals surface area contributed by atoms with Gasteiger partial charge in [-0.1, -0.05) is 6.92 Å². The highest BCUT2D eigenvalue weighted by Gasteiger charge is 2.23. The molecule has 1 saturated heterocycles. The average molecular weight is 276 g/mol. The SMILES string of the molecule is CCCNc1ccc(C(=O)N2CCCC(O)C2)c(C)c1. The van der Waals surface area contributed by atoms with E-state index in [9.17, 15) is 9.90 Å². The number of rotatable bonds is 4. The molecule has 2 rings (SSSR count). The van der Waals surface area contributed by atoms with Gasteiger partial charge in [0.15, 0.2) is 0 Å². The molecule has 0 aliphatic carbocycles. The van der Waals surface area contributed by atoms with Crippen molar-refractivity contribution < 1.29 is 9.90 Å². The van der Waals surface area contributed by atoms with Crippen LogP contribution in [0.4, 0.5) is 5.69 Å². The van der Waals surface area contributed by atoms with E-state index >= 15 is 0 Å². The lowest BCUT2D eigenvalue weighted by Crippen LogP contribution is -2.42. The van der Waals surface area contributed by atoms with Crippen molar-refractivity contribution >= 4 is 11.6 Å². The third kappa shape index (κ3) is 3.51. The summed E-state index contributed by atoms with van der Waals surface area (Å²) in [6.45, 7) is 6.22. The predicted octanol–water partition coefficient (Wildman–Crippen LogP) is 2.41. The highest BCUT2D eigenvalue weighted by atomic mass is 16.3. The van der Waals surface area contributed by atoms with Gasteiger partial charge in [0.2, 0.25) is 0 Å². The topological polar surface area (TPSA) is 52.6 Å². The zero-order chi connectivity index (χ0) is 14.5. The van der Waals surface area contributed by atoms with Crippen molar-refractivity contribution in [3.63, 3.8) is 0 Å². The van der Waals surface area contributed by atoms with E-state index in [1.54, 1.807) is 4.90 Å². The maximum atomic E-state index is 12.5. The first-order valence-electron chi connectivity index (χ1n) is 7.43. The molecule has 4 heteroatoms. The zero-order valence-electron chi connectivity index (χ0n) is 12.4. The molecule has 1 heterocycles. The second-order valence-electron chi connectivity index (χ2n) is 5.50. The fraction of sp³-hybridized carbons (Fsp3) is 0.562. The van der Waals surface area contributed by atoms with Gasteiger partial charge < -0.3 is 15.3 Å². The molecular weight excluding hydrogens is 252 g/mol. The third-order valence-corrected chi connectivity index (χ3v) is 3.72. The van der Waals surface area contributed by atoms with E-state index in [4.69, 9.17) is 0 Å². The Bertz CT molecular complexity index is 474. The van der Waals surface area contributed by atoms with Crippen molar-refractivity contribution in [3.05, 3.63) is 29.3 Å². The summed E-state index contributed by atoms with van der Waals surface area (Å²) in [6, 6.07) is 5.86. The van der Waals surface area contributed by atoms with E-state index in [2.05, 4.69) is 12.2 Å². The Kier molecular flexibility index (Phi) is 5.01. The molecular formula is C16H24N2O2. The lowest BCUT2D eigenvalue weighted by atomic mass is 10.0. The third-order valence-electron chi connectivity index (χ3n) is 3.72. The molecule has 1 aromatic carbocycles. The highest BCUT2D eigenvalue weighted by molar-refractivity contribution is 5.96. The van der Waals surface area contributed by atoms with Crippen molar-refractivity contribution in [1.82, 2.24) is 4.90 Å². The molecule has 110 valence electrons. The van der Waals surface area contributed by atoms with Gasteiger partial charge in [0.25, 0.3) is 5.91 Å². The van der Waals surface area contributed by atoms with Crippen LogP contribution in [0.25, 0.3) is 0 Å². The maximum Gasteiger partial charge on any atom is 0.254 e. The molecule has 1 aromatic rings. The second kappa shape index (κ2) is 6.75. The Balaban J connectivity index is 2.09. The lowest BCUT2D eigenvalue weighted by Gasteiger charge is -2.30. The van der Waals surface area contributed by atoms with Crippen molar-refractivity contribution in [1.29, 1.82) is 0 Å². The van der Waals surface area contributed by atoms with Crippen LogP contribution in [0, 0.1) is 6.92 Å². The van der Waals surface area contributed by atoms with Gasteiger partial charge in [0.05, 0.1) is 6.10 Å². The first-order chi connectivity index (χ1) is 9.61. The first-order valence-corrected chi connectivity index (χ1v) is 7.43. The normalized spacial score (nSPS) is 18.9. The average Bonchev–Trinajstić information content (AvgIpc) is 2.44. The number of aliphatic hydroxyl groups is 1. The van der Waals surface area contributed by atoms with E-state index in [0.29, 0.717) is 6.54 Å². The summed E-state index contributed by atoms with van der Waals surface area (Å²) in [6.07, 6.45) is 2.37. The zero-order valence-corrected chi connectivity index (χ0v) is 12.4. The molecule has 0 saturated carbocycles. The lowest BCUT2D eigenvalue weighted by molar-refractivity contribution is 0.0473. The Hall–Kier alpha value is -1.55. The highest BCUT2D eigenvalue weighted by Crippen LogP contribution is 2.19. The molecule has 0 bridgehead atoms. The molecule has 4 nitrogen and oxygen atoms in total. The van der Waals surface area contributed by atoms with Gasteiger partial charge in [0, 0.05) is 30.9 Å². The van der Waals surface area contributed by atoms with Crippen molar-refractivity contribution in [2.45, 2.75) is 39.2 Å². The van der Waals surface area contributed by atoms with Gasteiger partial charge in [0.1, 0.15) is 0 Å². The van der Waals surface area contributed by atoms with Crippen LogP contribution in [0.3, 0.4) is 0 Å². The van der Waals surface area contributed by atoms with Gasteiger partial charge in [-0.3, -0.25) is 4.79 Å². The second-order valence-corrected chi connectivity index (χ2v) is 5.50. The smallest absolute Gasteiger partial charge is 0.254 e. The summed E-state index contributed by atoms with van der Waals surface area (Å²) in [5.74, 6) is 0.0308. The summed E-state index contributed by atoms with van der Waals surface area (Å²) in [5.41, 5.74) is 2.77. The van der Waals surface area contributed by atoms with Gasteiger partial charge in [-0.15, -0.1) is 0 Å². The largest absolute Gasteiger partial charge is 0.391 e. The number of aliphatic hydroxyl groups excluding tert-OH is 1. The number of nitrogens with one attached hydrogen (secondary N) is 1. The van der Waals surface area contributed by atoms with Crippen molar-refractivity contribution in [2.24, 2.45) is 0 Å². The monoisotopic (exact) mass is 276 g/mol. The standard InChI is InChI=1S/C16H24N2O2/c1-3-8-17-13-6-7-15(12(2)10-13)16(20)18-9-4-5-14(19)11-18/h6-7,10,14,17,19H,3-5,8-9,11H2,1-2H3. The number of carbonyl (C=O) groups excluding carboxylic acids is 1. The van der Waals surface area contributed by atoms with Crippen LogP contribution in [0.5, 0.6) is 0 Å². The molecule has 20 heavy (non-hydrogen) atoms. The van der Waals surface area contributed by atoms with Crippen LogP contribution in [0.2, 0.25) is 0 Å². The quantitative estimate of drug-likeness (QED) is 0.888. The van der Waals surface area contributed by atoms with Crippen LogP contribution >= 0.6 is 0 Å². The summed E-state index contributed by atoms with van der Waals surface area (Å²) in [4.78, 5) is 14.2. The molecule has 0 aromatic heterocycles. The van der Waals surface area contributed by atoms with Crippen LogP contribution in [-0.4, -0.2) is 41.7 Å². The van der Waals surface area contributed by atoms with Gasteiger partial charge in [-0.2, -0.15) is 0 Å². The van der Waals surface area contributed by atoms with E-state index in [-0.39, 0.29) is 12.0 Å². The Labute approximate surface area is 120 Å². The number of piperidine rings is 1. The summed E-state index contributed by atoms with van der Waals surface area (Å²) in [7, 11) is 0. The van der Waals surface area contributed by atoms with Crippen LogP contribution in [0.15, 0.2) is 18.2 Å². The van der Waals surface area contributed by atoms with Gasteiger partial charge in [-0.05, 0) is 49.9 Å². The Morgan fingerprint density at radius 1 is 1.50 bits per heavy atom. The summed E-state index contributed by atoms with van der Waals surface area (Å²) in [5, 5.41) is 13.0. The predicted molar refractivity (Wildman–Crippen MR) is 81.1 cm³/mol. The maximum absolute atomic E-state index is 12.5. The van der Waals surface area contributed by atoms with E-state index in [0.717, 1.165) is 49.2 Å². The minimum Gasteiger partial charge on any atom is -0.391 e. The molecule has 1 atom stereocenters. The van der Waals surface area contributed by atoms with Crippen molar-refractivity contribution in [2.75, 3.05) is 25.0 Å². The number of aryl methyl sites for hydroxylation is 1. The van der Waals surface area contributed by atoms with Crippen LogP contribution in [-0.2, 0) is 0 Å². The molecule has 1 aliphatic rings. The molecule has 0 spiro atoms. The number of likely N-dealkylation sites (tertiary alicyclic amines) is 1. The number of hydrogen-bond donors (Lipinski definition) is 2. The number of hydrogen-bond acceptors (Lipinski definition) is 3. The molecule has 1 fully saturated rings. The first kappa shape index (κ1) is 14.9. The minimum atomic E-state index is -0.376. The summed E-state index contributed by atoms with van der Waals surface area (Å²) < 4.78 is 0. The number of nitrogens with zero attached hydrogens (tertiary/aromatic N) is 1. The number of benzene rings is 1. The van der Waals surface area contributed by atoms with Gasteiger partial charge >= 0.3 is 0 Å². The number of carbonyl (C=O) groups is 1. The minimum absolute atomic E-state index is 0.0308. The van der Waals surface area contributed by atoms with E-state index < -0.39 is 0 Å². The van der Waals surface area contributed by atoms with Crippen LogP contribution in [0.1, 0.15) is 42.1 Å². The number of anilines is 1. The number of β-amino-alcohol motifs (C(OH)–C–C–N with tert-alkyl or cyclic N) is 1. The molecule has 2 N–H and O–H groups in total. The van der Waals surface area contributed by atoms with E-state index in [1.165, 1.54) is 0 Å². The van der Waals surface area contributed by atoms with Crippen molar-refractivity contribution in [3.8, 4) is 0 Å². The number of amides is 1. The molecule has 1 unspecified atom stereocenters. The fourth-order valence-corrected chi connectivity index (χ4v) is 2.59. The molecule has 0 radical (unpaired) electrons. The molecule has 1 aliphatic heterocycles. The van der Waals surface area contributed by atoms with E-state index in [1.807, 2.05) is 25.1 Å². The van der Waals surface area contributed by atoms with Crippen LogP contribution < -0.4 is 5.32 Å². The molecule has 1 amide bonds. The Morgan fingerprint density at radius 3 is 2.95 bits per heavy atom.